The van der Waals surface area contributed by atoms with Crippen LogP contribution in [0.4, 0.5) is 5.95 Å². The number of fused-ring (bicyclic) bond motifs is 1. The first-order chi connectivity index (χ1) is 7.79. The van der Waals surface area contributed by atoms with E-state index in [0.29, 0.717) is 0 Å². The smallest absolute Gasteiger partial charge is 0.283 e. The lowest BCUT2D eigenvalue weighted by molar-refractivity contribution is -0.111. The Kier molecular flexibility index (Phi) is 2.79. The average Bonchev–Trinajstić information content (AvgIpc) is 2.29. The van der Waals surface area contributed by atoms with Crippen molar-refractivity contribution in [2.75, 3.05) is 5.32 Å². The van der Waals surface area contributed by atoms with Gasteiger partial charge in [0.2, 0.25) is 5.95 Å². The summed E-state index contributed by atoms with van der Waals surface area (Å²) in [6, 6.07) is 7.56. The van der Waals surface area contributed by atoms with Gasteiger partial charge in [-0.15, -0.1) is 0 Å². The first-order valence-electron chi connectivity index (χ1n) is 4.75. The van der Waals surface area contributed by atoms with Crippen LogP contribution in [0.5, 0.6) is 0 Å². The normalized spacial score (nSPS) is 9.31. The minimum atomic E-state index is -0.405. The molecule has 0 fully saturated rings. The van der Waals surface area contributed by atoms with E-state index in [9.17, 15) is 4.79 Å². The van der Waals surface area contributed by atoms with E-state index in [0.717, 1.165) is 10.9 Å². The van der Waals surface area contributed by atoms with E-state index in [-0.39, 0.29) is 5.95 Å². The van der Waals surface area contributed by atoms with Gasteiger partial charge in [-0.25, -0.2) is 9.97 Å². The quantitative estimate of drug-likeness (QED) is 0.729. The van der Waals surface area contributed by atoms with Gasteiger partial charge in [0.15, 0.2) is 0 Å². The first-order valence-corrected chi connectivity index (χ1v) is 4.75. The standard InChI is InChI=1S/C12H9N3O/c1-2-5-11(16)15-12-13-8-9-6-3-4-7-10(9)14-12/h3-4,6-8H,1H3,(H,13,14,15,16). The van der Waals surface area contributed by atoms with Gasteiger partial charge in [0.05, 0.1) is 5.52 Å². The maximum absolute atomic E-state index is 11.2. The highest BCUT2D eigenvalue weighted by molar-refractivity contribution is 6.03. The zero-order valence-electron chi connectivity index (χ0n) is 8.69. The van der Waals surface area contributed by atoms with Gasteiger partial charge in [0.1, 0.15) is 0 Å². The molecule has 0 bridgehead atoms. The summed E-state index contributed by atoms with van der Waals surface area (Å²) < 4.78 is 0. The molecule has 1 amide bonds. The van der Waals surface area contributed by atoms with Gasteiger partial charge in [-0.1, -0.05) is 24.1 Å². The summed E-state index contributed by atoms with van der Waals surface area (Å²) in [5.74, 6) is 4.73. The van der Waals surface area contributed by atoms with Gasteiger partial charge in [0.25, 0.3) is 0 Å². The largest absolute Gasteiger partial charge is 0.302 e. The molecular weight excluding hydrogens is 202 g/mol. The second-order valence-corrected chi connectivity index (χ2v) is 3.08. The van der Waals surface area contributed by atoms with Gasteiger partial charge < -0.3 is 0 Å². The van der Waals surface area contributed by atoms with E-state index >= 15 is 0 Å². The highest BCUT2D eigenvalue weighted by Crippen LogP contribution is 2.11. The highest BCUT2D eigenvalue weighted by Gasteiger charge is 2.01. The van der Waals surface area contributed by atoms with Crippen LogP contribution in [0.1, 0.15) is 6.92 Å². The van der Waals surface area contributed by atoms with Crippen LogP contribution < -0.4 is 5.32 Å². The lowest BCUT2D eigenvalue weighted by atomic mass is 10.2. The maximum Gasteiger partial charge on any atom is 0.302 e. The molecule has 4 nitrogen and oxygen atoms in total. The molecule has 0 aliphatic heterocycles. The fourth-order valence-corrected chi connectivity index (χ4v) is 1.28. The van der Waals surface area contributed by atoms with Crippen molar-refractivity contribution in [3.05, 3.63) is 30.5 Å². The molecule has 1 N–H and O–H groups in total. The van der Waals surface area contributed by atoms with Crippen LogP contribution >= 0.6 is 0 Å². The summed E-state index contributed by atoms with van der Waals surface area (Å²) in [5, 5.41) is 3.43. The van der Waals surface area contributed by atoms with Crippen molar-refractivity contribution in [3.8, 4) is 11.8 Å². The van der Waals surface area contributed by atoms with Gasteiger partial charge in [-0.3, -0.25) is 10.1 Å². The zero-order chi connectivity index (χ0) is 11.4. The van der Waals surface area contributed by atoms with Gasteiger partial charge in [-0.05, 0) is 18.9 Å². The molecule has 0 saturated heterocycles. The number of nitrogens with one attached hydrogen (secondary N) is 1. The summed E-state index contributed by atoms with van der Waals surface area (Å²) >= 11 is 0. The van der Waals surface area contributed by atoms with Crippen molar-refractivity contribution in [1.29, 1.82) is 0 Å². The van der Waals surface area contributed by atoms with Crippen molar-refractivity contribution >= 4 is 22.8 Å². The summed E-state index contributed by atoms with van der Waals surface area (Å²) in [6.07, 6.45) is 1.66. The van der Waals surface area contributed by atoms with Crippen LogP contribution in [0.3, 0.4) is 0 Å². The Hall–Kier alpha value is -2.41. The van der Waals surface area contributed by atoms with E-state index < -0.39 is 5.91 Å². The third-order valence-corrected chi connectivity index (χ3v) is 1.95. The van der Waals surface area contributed by atoms with E-state index in [1.165, 1.54) is 0 Å². The molecule has 4 heteroatoms. The summed E-state index contributed by atoms with van der Waals surface area (Å²) in [5.41, 5.74) is 0.789. The Morgan fingerprint density at radius 1 is 1.38 bits per heavy atom. The number of nitrogens with zero attached hydrogens (tertiary/aromatic N) is 2. The number of carbonyl (C=O) groups excluding carboxylic acids is 1. The minimum Gasteiger partial charge on any atom is -0.283 e. The molecule has 0 aliphatic rings. The predicted octanol–water partition coefficient (Wildman–Crippen LogP) is 1.59. The SMILES string of the molecule is CC#CC(=O)Nc1ncc2ccccc2n1. The molecular formula is C12H9N3O. The molecule has 16 heavy (non-hydrogen) atoms. The van der Waals surface area contributed by atoms with Crippen LogP contribution in [0.2, 0.25) is 0 Å². The minimum absolute atomic E-state index is 0.270. The molecule has 0 saturated carbocycles. The van der Waals surface area contributed by atoms with Crippen LogP contribution in [0, 0.1) is 11.8 Å². The number of hydrogen-bond donors (Lipinski definition) is 1. The maximum atomic E-state index is 11.2. The number of para-hydroxylation sites is 1. The van der Waals surface area contributed by atoms with Crippen molar-refractivity contribution in [2.24, 2.45) is 0 Å². The van der Waals surface area contributed by atoms with Crippen LogP contribution in [0.25, 0.3) is 10.9 Å². The van der Waals surface area contributed by atoms with E-state index in [2.05, 4.69) is 27.1 Å². The molecule has 1 aromatic carbocycles. The van der Waals surface area contributed by atoms with E-state index in [1.54, 1.807) is 13.1 Å². The Morgan fingerprint density at radius 3 is 3.00 bits per heavy atom. The Labute approximate surface area is 92.7 Å². The molecule has 78 valence electrons. The highest BCUT2D eigenvalue weighted by atomic mass is 16.1. The number of rotatable bonds is 1. The molecule has 0 atom stereocenters. The lowest BCUT2D eigenvalue weighted by Crippen LogP contribution is -2.11. The second kappa shape index (κ2) is 4.41. The third kappa shape index (κ3) is 2.15. The number of benzene rings is 1. The van der Waals surface area contributed by atoms with Crippen LogP contribution in [-0.4, -0.2) is 15.9 Å². The molecule has 1 aromatic heterocycles. The van der Waals surface area contributed by atoms with Crippen molar-refractivity contribution in [1.82, 2.24) is 9.97 Å². The Morgan fingerprint density at radius 2 is 2.19 bits per heavy atom. The molecule has 2 rings (SSSR count). The number of carbonyl (C=O) groups is 1. The molecule has 0 unspecified atom stereocenters. The summed E-state index contributed by atoms with van der Waals surface area (Å²) in [7, 11) is 0. The lowest BCUT2D eigenvalue weighted by Gasteiger charge is -2.00. The molecule has 0 aliphatic carbocycles. The topological polar surface area (TPSA) is 54.9 Å². The monoisotopic (exact) mass is 211 g/mol. The van der Waals surface area contributed by atoms with Crippen molar-refractivity contribution in [3.63, 3.8) is 0 Å². The van der Waals surface area contributed by atoms with Gasteiger partial charge in [-0.2, -0.15) is 0 Å². The molecule has 0 radical (unpaired) electrons. The predicted molar refractivity (Wildman–Crippen MR) is 61.6 cm³/mol. The van der Waals surface area contributed by atoms with Gasteiger partial charge >= 0.3 is 5.91 Å². The Balaban J connectivity index is 2.31. The van der Waals surface area contributed by atoms with Gasteiger partial charge in [0, 0.05) is 11.6 Å². The molecule has 0 spiro atoms. The van der Waals surface area contributed by atoms with Crippen LogP contribution in [-0.2, 0) is 4.79 Å². The first kappa shape index (κ1) is 10.1. The molecule has 2 aromatic rings. The average molecular weight is 211 g/mol. The van der Waals surface area contributed by atoms with Crippen molar-refractivity contribution in [2.45, 2.75) is 6.92 Å². The van der Waals surface area contributed by atoms with Crippen LogP contribution in [0.15, 0.2) is 30.5 Å². The zero-order valence-corrected chi connectivity index (χ0v) is 8.69. The number of anilines is 1. The third-order valence-electron chi connectivity index (χ3n) is 1.95. The number of hydrogen-bond acceptors (Lipinski definition) is 3. The van der Waals surface area contributed by atoms with Crippen molar-refractivity contribution < 1.29 is 4.79 Å². The van der Waals surface area contributed by atoms with E-state index in [1.807, 2.05) is 24.3 Å². The number of amides is 1. The summed E-state index contributed by atoms with van der Waals surface area (Å²) in [6.45, 7) is 1.60. The fraction of sp³-hybridized carbons (Fsp3) is 0.0833. The van der Waals surface area contributed by atoms with E-state index in [4.69, 9.17) is 0 Å². The fourth-order valence-electron chi connectivity index (χ4n) is 1.28. The molecule has 1 heterocycles. The summed E-state index contributed by atoms with van der Waals surface area (Å²) in [4.78, 5) is 19.4. The Bertz CT molecular complexity index is 596. The second-order valence-electron chi connectivity index (χ2n) is 3.08. The number of aromatic nitrogens is 2.